The first kappa shape index (κ1) is 29.0. The second-order valence-electron chi connectivity index (χ2n) is 9.60. The number of pyridine rings is 1. The van der Waals surface area contributed by atoms with Crippen LogP contribution in [0, 0.1) is 11.6 Å². The minimum atomic E-state index is -1.36. The van der Waals surface area contributed by atoms with Crippen molar-refractivity contribution in [1.29, 1.82) is 0 Å². The average Bonchev–Trinajstić information content (AvgIpc) is 3.21. The number of nitrogens with zero attached hydrogens (tertiary/aromatic N) is 6. The number of benzene rings is 2. The molecule has 1 saturated heterocycles. The number of aromatic carboxylic acids is 1. The van der Waals surface area contributed by atoms with Crippen LogP contribution < -0.4 is 15.8 Å². The number of aromatic hydroxyl groups is 1. The molecule has 42 heavy (non-hydrogen) atoms. The summed E-state index contributed by atoms with van der Waals surface area (Å²) in [5.74, 6) is -2.71. The molecule has 2 aromatic heterocycles. The van der Waals surface area contributed by atoms with Crippen molar-refractivity contribution < 1.29 is 28.6 Å². The third kappa shape index (κ3) is 5.41. The molecule has 1 fully saturated rings. The van der Waals surface area contributed by atoms with Gasteiger partial charge in [-0.1, -0.05) is 0 Å². The minimum absolute atomic E-state index is 0.00903. The quantitative estimate of drug-likeness (QED) is 0.164. The second-order valence-corrected chi connectivity index (χ2v) is 9.99. The lowest BCUT2D eigenvalue weighted by molar-refractivity contribution is 0.0694. The SMILES string of the molecule is CCn1cc(C(=O)O)c(=O)c2cc(F)c(N3CCN(Cn4c(O)c(N=NC(=S)NOC)c5cc(F)ccc54)CC3)cc21. The number of carboxylic acids is 1. The molecule has 0 amide bonds. The van der Waals surface area contributed by atoms with E-state index in [9.17, 15) is 24.2 Å². The summed E-state index contributed by atoms with van der Waals surface area (Å²) in [4.78, 5) is 32.8. The molecule has 0 atom stereocenters. The molecular formula is C27H27F2N7O5S. The lowest BCUT2D eigenvalue weighted by Crippen LogP contribution is -2.47. The van der Waals surface area contributed by atoms with Crippen LogP contribution in [0.3, 0.4) is 0 Å². The van der Waals surface area contributed by atoms with E-state index in [1.165, 1.54) is 25.4 Å². The Balaban J connectivity index is 1.39. The normalized spacial score (nSPS) is 14.3. The summed E-state index contributed by atoms with van der Waals surface area (Å²) in [6.07, 6.45) is 1.28. The van der Waals surface area contributed by atoms with E-state index in [4.69, 9.17) is 17.1 Å². The molecule has 220 valence electrons. The monoisotopic (exact) mass is 599 g/mol. The van der Waals surface area contributed by atoms with Gasteiger partial charge in [0.25, 0.3) is 0 Å². The third-order valence-corrected chi connectivity index (χ3v) is 7.34. The highest BCUT2D eigenvalue weighted by Gasteiger charge is 2.25. The van der Waals surface area contributed by atoms with Gasteiger partial charge in [0.15, 0.2) is 5.69 Å². The fourth-order valence-corrected chi connectivity index (χ4v) is 5.25. The number of hydroxylamine groups is 1. The molecule has 1 aliphatic heterocycles. The molecule has 0 spiro atoms. The number of carboxylic acid groups (broad SMARTS) is 1. The first-order chi connectivity index (χ1) is 20.1. The van der Waals surface area contributed by atoms with Crippen LogP contribution >= 0.6 is 12.2 Å². The first-order valence-electron chi connectivity index (χ1n) is 13.0. The van der Waals surface area contributed by atoms with Gasteiger partial charge in [0.1, 0.15) is 17.2 Å². The van der Waals surface area contributed by atoms with E-state index in [0.717, 1.165) is 6.07 Å². The minimum Gasteiger partial charge on any atom is -0.493 e. The zero-order valence-corrected chi connectivity index (χ0v) is 23.5. The van der Waals surface area contributed by atoms with Crippen LogP contribution in [-0.4, -0.2) is 68.6 Å². The molecule has 1 aliphatic rings. The molecule has 12 nitrogen and oxygen atoms in total. The maximum atomic E-state index is 15.3. The predicted octanol–water partition coefficient (Wildman–Crippen LogP) is 3.96. The number of halogens is 2. The summed E-state index contributed by atoms with van der Waals surface area (Å²) in [5, 5.41) is 28.5. The van der Waals surface area contributed by atoms with E-state index in [1.807, 2.05) is 16.7 Å². The molecule has 0 radical (unpaired) electrons. The van der Waals surface area contributed by atoms with Crippen molar-refractivity contribution in [1.82, 2.24) is 19.5 Å². The number of nitrogens with one attached hydrogen (secondary N) is 1. The first-order valence-corrected chi connectivity index (χ1v) is 13.4. The number of rotatable bonds is 7. The largest absolute Gasteiger partial charge is 0.493 e. The molecule has 5 rings (SSSR count). The number of carbonyl (C=O) groups is 1. The maximum absolute atomic E-state index is 15.3. The topological polar surface area (TPSA) is 137 Å². The Morgan fingerprint density at radius 1 is 1.12 bits per heavy atom. The lowest BCUT2D eigenvalue weighted by Gasteiger charge is -2.36. The highest BCUT2D eigenvalue weighted by Crippen LogP contribution is 2.39. The molecule has 3 heterocycles. The number of anilines is 1. The lowest BCUT2D eigenvalue weighted by atomic mass is 10.1. The van der Waals surface area contributed by atoms with Gasteiger partial charge in [-0.05, 0) is 49.5 Å². The van der Waals surface area contributed by atoms with E-state index < -0.39 is 28.6 Å². The molecule has 0 bridgehead atoms. The summed E-state index contributed by atoms with van der Waals surface area (Å²) in [5.41, 5.74) is 2.54. The van der Waals surface area contributed by atoms with Crippen LogP contribution in [-0.2, 0) is 18.1 Å². The maximum Gasteiger partial charge on any atom is 0.341 e. The molecule has 0 aliphatic carbocycles. The highest BCUT2D eigenvalue weighted by atomic mass is 32.1. The number of aryl methyl sites for hydroxylation is 1. The van der Waals surface area contributed by atoms with Gasteiger partial charge in [-0.2, -0.15) is 0 Å². The Hall–Kier alpha value is -4.47. The van der Waals surface area contributed by atoms with Crippen molar-refractivity contribution in [3.63, 3.8) is 0 Å². The number of piperazine rings is 1. The molecule has 0 saturated carbocycles. The Labute approximate surface area is 243 Å². The van der Waals surface area contributed by atoms with Crippen LogP contribution in [0.1, 0.15) is 17.3 Å². The summed E-state index contributed by atoms with van der Waals surface area (Å²) < 4.78 is 32.6. The molecule has 4 aromatic rings. The van der Waals surface area contributed by atoms with Crippen molar-refractivity contribution in [3.05, 3.63) is 63.9 Å². The van der Waals surface area contributed by atoms with Gasteiger partial charge in [0.05, 0.1) is 30.5 Å². The molecular weight excluding hydrogens is 572 g/mol. The van der Waals surface area contributed by atoms with Crippen LogP contribution in [0.2, 0.25) is 0 Å². The van der Waals surface area contributed by atoms with Crippen LogP contribution in [0.15, 0.2) is 51.6 Å². The van der Waals surface area contributed by atoms with Gasteiger partial charge in [-0.25, -0.2) is 19.1 Å². The van der Waals surface area contributed by atoms with Gasteiger partial charge < -0.3 is 19.7 Å². The van der Waals surface area contributed by atoms with E-state index in [1.54, 1.807) is 21.3 Å². The summed E-state index contributed by atoms with van der Waals surface area (Å²) in [6.45, 7) is 4.30. The van der Waals surface area contributed by atoms with Crippen molar-refractivity contribution >= 4 is 56.5 Å². The van der Waals surface area contributed by atoms with Gasteiger partial charge in [-0.15, -0.1) is 10.2 Å². The predicted molar refractivity (Wildman–Crippen MR) is 155 cm³/mol. The third-order valence-electron chi connectivity index (χ3n) is 7.18. The van der Waals surface area contributed by atoms with E-state index in [-0.39, 0.29) is 28.7 Å². The standard InChI is InChI=1S/C27H27F2N7O5S/c1-3-34-13-18(26(39)40)24(37)17-11-19(29)22(12-21(17)34)35-8-6-33(7-9-35)14-36-20-5-4-15(28)10-16(20)23(25(36)38)30-31-27(42)32-41-2/h4-5,10-13,38H,3,6-9,14H2,1-2H3,(H,32,42)(H,39,40). The smallest absolute Gasteiger partial charge is 0.341 e. The Kier molecular flexibility index (Phi) is 8.15. The number of thiocarbonyl (C=S) groups is 1. The molecule has 0 unspecified atom stereocenters. The number of hydrogen-bond acceptors (Lipinski definition) is 8. The van der Waals surface area contributed by atoms with Gasteiger partial charge in [0, 0.05) is 49.7 Å². The summed E-state index contributed by atoms with van der Waals surface area (Å²) >= 11 is 4.97. The molecule has 15 heteroatoms. The highest BCUT2D eigenvalue weighted by molar-refractivity contribution is 7.80. The van der Waals surface area contributed by atoms with Gasteiger partial charge >= 0.3 is 5.97 Å². The fraction of sp³-hybridized carbons (Fsp3) is 0.296. The van der Waals surface area contributed by atoms with Crippen LogP contribution in [0.4, 0.5) is 20.2 Å². The van der Waals surface area contributed by atoms with Crippen molar-refractivity contribution in [2.24, 2.45) is 10.2 Å². The van der Waals surface area contributed by atoms with E-state index in [0.29, 0.717) is 54.8 Å². The van der Waals surface area contributed by atoms with Gasteiger partial charge in [0.2, 0.25) is 16.4 Å². The van der Waals surface area contributed by atoms with E-state index >= 15 is 4.39 Å². The number of hydrogen-bond donors (Lipinski definition) is 3. The second kappa shape index (κ2) is 11.8. The Morgan fingerprint density at radius 2 is 1.86 bits per heavy atom. The summed E-state index contributed by atoms with van der Waals surface area (Å²) in [7, 11) is 1.36. The van der Waals surface area contributed by atoms with E-state index in [2.05, 4.69) is 15.7 Å². The van der Waals surface area contributed by atoms with Crippen LogP contribution in [0.25, 0.3) is 21.8 Å². The van der Waals surface area contributed by atoms with Gasteiger partial charge in [-0.3, -0.25) is 19.1 Å². The van der Waals surface area contributed by atoms with Crippen molar-refractivity contribution in [3.8, 4) is 5.88 Å². The van der Waals surface area contributed by atoms with Crippen LogP contribution in [0.5, 0.6) is 5.88 Å². The molecule has 2 aromatic carbocycles. The zero-order valence-electron chi connectivity index (χ0n) is 22.7. The zero-order chi connectivity index (χ0) is 30.1. The fourth-order valence-electron chi connectivity index (χ4n) is 5.13. The van der Waals surface area contributed by atoms with Crippen molar-refractivity contribution in [2.75, 3.05) is 38.2 Å². The molecule has 3 N–H and O–H groups in total. The Morgan fingerprint density at radius 3 is 2.52 bits per heavy atom. The number of aromatic nitrogens is 2. The summed E-state index contributed by atoms with van der Waals surface area (Å²) in [6, 6.07) is 6.76. The number of fused-ring (bicyclic) bond motifs is 2. The average molecular weight is 600 g/mol. The van der Waals surface area contributed by atoms with Crippen molar-refractivity contribution in [2.45, 2.75) is 20.1 Å². The Bertz CT molecular complexity index is 1800. The number of azo groups is 1.